The maximum absolute atomic E-state index is 14.5. The molecule has 11 nitrogen and oxygen atoms in total. The van der Waals surface area contributed by atoms with Gasteiger partial charge >= 0.3 is 0 Å². The minimum Gasteiger partial charge on any atom is -0.408 e. The third-order valence-corrected chi connectivity index (χ3v) is 7.74. The lowest BCUT2D eigenvalue weighted by Gasteiger charge is -2.25. The number of halogens is 2. The molecule has 0 bridgehead atoms. The Morgan fingerprint density at radius 1 is 0.932 bits per heavy atom. The first-order valence-electron chi connectivity index (χ1n) is 15.1. The molecule has 1 aliphatic heterocycles. The number of likely N-dealkylation sites (tertiary alicyclic amines) is 1. The van der Waals surface area contributed by atoms with Crippen molar-refractivity contribution in [2.75, 3.05) is 19.6 Å². The third-order valence-electron chi connectivity index (χ3n) is 7.74. The topological polar surface area (TPSA) is 136 Å². The number of aromatic nitrogens is 6. The van der Waals surface area contributed by atoms with Crippen LogP contribution in [0.2, 0.25) is 0 Å². The van der Waals surface area contributed by atoms with Crippen LogP contribution in [0.1, 0.15) is 82.5 Å². The van der Waals surface area contributed by atoms with Crippen molar-refractivity contribution in [1.29, 1.82) is 0 Å². The number of oxime groups is 1. The third kappa shape index (κ3) is 6.42. The first-order chi connectivity index (χ1) is 21.2. The molecule has 0 aliphatic carbocycles. The highest BCUT2D eigenvalue weighted by Gasteiger charge is 2.21. The van der Waals surface area contributed by atoms with Gasteiger partial charge < -0.3 is 20.4 Å². The minimum absolute atomic E-state index is 0.118. The van der Waals surface area contributed by atoms with E-state index in [1.54, 1.807) is 18.2 Å². The van der Waals surface area contributed by atoms with Crippen LogP contribution in [0.15, 0.2) is 46.1 Å². The smallest absolute Gasteiger partial charge is 0.291 e. The number of piperidine rings is 1. The molecule has 0 unspecified atom stereocenters. The fourth-order valence-electron chi connectivity index (χ4n) is 5.57. The summed E-state index contributed by atoms with van der Waals surface area (Å²) in [6.45, 7) is 11.4. The second-order valence-corrected chi connectivity index (χ2v) is 11.6. The van der Waals surface area contributed by atoms with Gasteiger partial charge in [0.25, 0.3) is 11.9 Å². The number of hydrogen-bond acceptors (Lipinski definition) is 8. The Morgan fingerprint density at radius 2 is 1.55 bits per heavy atom. The predicted molar refractivity (Wildman–Crippen MR) is 164 cm³/mol. The molecule has 5 aromatic rings. The summed E-state index contributed by atoms with van der Waals surface area (Å²) in [6.07, 6.45) is 5.63. The quantitative estimate of drug-likeness (QED) is 0.100. The summed E-state index contributed by atoms with van der Waals surface area (Å²) in [6, 6.07) is 9.72. The van der Waals surface area contributed by atoms with Crippen LogP contribution >= 0.6 is 0 Å². The van der Waals surface area contributed by atoms with Gasteiger partial charge in [0.2, 0.25) is 5.89 Å². The summed E-state index contributed by atoms with van der Waals surface area (Å²) in [4.78, 5) is 6.96. The van der Waals surface area contributed by atoms with E-state index in [2.05, 4.69) is 30.4 Å². The molecule has 0 atom stereocenters. The van der Waals surface area contributed by atoms with E-state index in [4.69, 9.17) is 15.5 Å². The normalized spacial score (nSPS) is 14.6. The van der Waals surface area contributed by atoms with Crippen molar-refractivity contribution in [3.05, 3.63) is 65.3 Å². The van der Waals surface area contributed by atoms with Crippen LogP contribution < -0.4 is 5.73 Å². The molecule has 1 aliphatic rings. The number of benzene rings is 2. The Kier molecular flexibility index (Phi) is 9.52. The number of rotatable bonds is 7. The van der Waals surface area contributed by atoms with Crippen molar-refractivity contribution in [2.24, 2.45) is 10.9 Å². The number of nitrogens with two attached hydrogens (primary N) is 1. The molecule has 44 heavy (non-hydrogen) atoms. The molecule has 1 saturated heterocycles. The molecule has 6 rings (SSSR count). The lowest BCUT2D eigenvalue weighted by Crippen LogP contribution is -2.30. The molecule has 4 heterocycles. The zero-order valence-electron chi connectivity index (χ0n) is 25.5. The van der Waals surface area contributed by atoms with Crippen molar-refractivity contribution in [3.63, 3.8) is 0 Å². The SMILES string of the molecule is CC(C)c1nn(-c2noc(CCCN3CCCCC3)n2)c2c(F)cccc12.CC(C)c1nn(/C(N)=N/O)c2c(F)cccc12. The van der Waals surface area contributed by atoms with E-state index in [1.807, 2.05) is 33.8 Å². The average Bonchev–Trinajstić information content (AvgIpc) is 3.74. The molecule has 0 saturated carbocycles. The standard InChI is InChI=1S/C20H26FN5O.C11H13FN4O/c1-14(2)18-15-8-6-9-16(21)19(15)26(23-18)20-22-17(27-24-20)10-7-13-25-11-4-3-5-12-25;1-6(2)9-7-4-3-5-8(12)10(7)16(14-9)11(13)15-17/h6,8-9,14H,3-5,7,10-13H2,1-2H3;3-6,17H,1-2H3,(H2,13,15). The molecule has 3 N–H and O–H groups in total. The molecule has 1 fully saturated rings. The monoisotopic (exact) mass is 607 g/mol. The molecule has 234 valence electrons. The van der Waals surface area contributed by atoms with Gasteiger partial charge in [0.05, 0.1) is 11.4 Å². The van der Waals surface area contributed by atoms with Crippen LogP contribution in [0.25, 0.3) is 27.8 Å². The molecule has 0 spiro atoms. The Bertz CT molecular complexity index is 1750. The van der Waals surface area contributed by atoms with E-state index < -0.39 is 5.82 Å². The maximum atomic E-state index is 14.5. The summed E-state index contributed by atoms with van der Waals surface area (Å²) in [5, 5.41) is 25.8. The zero-order chi connectivity index (χ0) is 31.4. The van der Waals surface area contributed by atoms with Gasteiger partial charge in [0, 0.05) is 17.2 Å². The fourth-order valence-corrected chi connectivity index (χ4v) is 5.57. The number of para-hydroxylation sites is 2. The Balaban J connectivity index is 0.000000195. The predicted octanol–water partition coefficient (Wildman–Crippen LogP) is 5.94. The Morgan fingerprint density at radius 3 is 2.18 bits per heavy atom. The van der Waals surface area contributed by atoms with Crippen molar-refractivity contribution in [3.8, 4) is 5.95 Å². The molecular weight excluding hydrogens is 568 g/mol. The van der Waals surface area contributed by atoms with E-state index in [0.717, 1.165) is 35.1 Å². The summed E-state index contributed by atoms with van der Waals surface area (Å²) in [5.41, 5.74) is 7.66. The number of aryl methyl sites for hydroxylation is 1. The largest absolute Gasteiger partial charge is 0.408 e. The van der Waals surface area contributed by atoms with Crippen LogP contribution in [0.4, 0.5) is 8.78 Å². The molecule has 0 radical (unpaired) electrons. The number of fused-ring (bicyclic) bond motifs is 2. The molecule has 13 heteroatoms. The second kappa shape index (κ2) is 13.5. The van der Waals surface area contributed by atoms with Crippen molar-refractivity contribution in [1.82, 2.24) is 34.6 Å². The van der Waals surface area contributed by atoms with Gasteiger partial charge in [-0.05, 0) is 73.2 Å². The zero-order valence-corrected chi connectivity index (χ0v) is 25.5. The van der Waals surface area contributed by atoms with Crippen molar-refractivity contribution >= 4 is 27.8 Å². The van der Waals surface area contributed by atoms with Gasteiger partial charge in [0.15, 0.2) is 0 Å². The first kappa shape index (κ1) is 31.0. The van der Waals surface area contributed by atoms with Crippen LogP contribution in [-0.2, 0) is 6.42 Å². The maximum Gasteiger partial charge on any atom is 0.291 e. The Hall–Kier alpha value is -4.39. The summed E-state index contributed by atoms with van der Waals surface area (Å²) in [5.74, 6) is 0.125. The summed E-state index contributed by atoms with van der Waals surface area (Å²) in [7, 11) is 0. The van der Waals surface area contributed by atoms with Crippen LogP contribution in [-0.4, -0.2) is 65.4 Å². The first-order valence-corrected chi connectivity index (χ1v) is 15.1. The lowest BCUT2D eigenvalue weighted by molar-refractivity contribution is 0.223. The number of nitrogens with zero attached hydrogens (tertiary/aromatic N) is 8. The van der Waals surface area contributed by atoms with Crippen LogP contribution in [0, 0.1) is 11.6 Å². The van der Waals surface area contributed by atoms with E-state index in [9.17, 15) is 8.78 Å². The van der Waals surface area contributed by atoms with Gasteiger partial charge in [0.1, 0.15) is 22.7 Å². The van der Waals surface area contributed by atoms with E-state index in [1.165, 1.54) is 49.2 Å². The van der Waals surface area contributed by atoms with Gasteiger partial charge in [-0.2, -0.15) is 24.5 Å². The van der Waals surface area contributed by atoms with Crippen LogP contribution in [0.3, 0.4) is 0 Å². The van der Waals surface area contributed by atoms with Gasteiger partial charge in [-0.15, -0.1) is 0 Å². The van der Waals surface area contributed by atoms with Crippen molar-refractivity contribution < 1.29 is 18.5 Å². The molecular formula is C31H39F2N9O2. The van der Waals surface area contributed by atoms with E-state index >= 15 is 0 Å². The highest BCUT2D eigenvalue weighted by atomic mass is 19.1. The highest BCUT2D eigenvalue weighted by molar-refractivity contribution is 5.93. The summed E-state index contributed by atoms with van der Waals surface area (Å²) < 4.78 is 36.2. The number of hydrogen-bond donors (Lipinski definition) is 2. The van der Waals surface area contributed by atoms with E-state index in [0.29, 0.717) is 28.4 Å². The average molecular weight is 608 g/mol. The molecule has 2 aromatic carbocycles. The van der Waals surface area contributed by atoms with Gasteiger partial charge in [-0.3, -0.25) is 0 Å². The molecule has 0 amide bonds. The van der Waals surface area contributed by atoms with E-state index in [-0.39, 0.29) is 29.1 Å². The lowest BCUT2D eigenvalue weighted by atomic mass is 10.1. The minimum atomic E-state index is -0.450. The summed E-state index contributed by atoms with van der Waals surface area (Å²) >= 11 is 0. The van der Waals surface area contributed by atoms with Gasteiger partial charge in [-0.1, -0.05) is 58.4 Å². The fraction of sp³-hybridized carbons (Fsp3) is 0.452. The highest BCUT2D eigenvalue weighted by Crippen LogP contribution is 2.29. The van der Waals surface area contributed by atoms with Crippen LogP contribution in [0.5, 0.6) is 0 Å². The van der Waals surface area contributed by atoms with Gasteiger partial charge in [-0.25, -0.2) is 8.78 Å². The van der Waals surface area contributed by atoms with Crippen molar-refractivity contribution in [2.45, 2.75) is 71.6 Å². The Labute approximate surface area is 254 Å². The molecule has 3 aromatic heterocycles. The second-order valence-electron chi connectivity index (χ2n) is 11.6.